The van der Waals surface area contributed by atoms with Crippen LogP contribution in [-0.4, -0.2) is 96.0 Å². The number of hydrogen-bond acceptors (Lipinski definition) is 11. The summed E-state index contributed by atoms with van der Waals surface area (Å²) < 4.78 is 54.1. The molecular formula is C50H88O12S. The van der Waals surface area contributed by atoms with Crippen LogP contribution in [0.3, 0.4) is 0 Å². The van der Waals surface area contributed by atoms with Crippen LogP contribution in [0.15, 0.2) is 48.6 Å². The van der Waals surface area contributed by atoms with E-state index in [0.29, 0.717) is 19.3 Å². The number of allylic oxidation sites excluding steroid dienone is 8. The van der Waals surface area contributed by atoms with Crippen LogP contribution in [0.5, 0.6) is 0 Å². The number of carbonyl (C=O) groups is 2. The van der Waals surface area contributed by atoms with Gasteiger partial charge >= 0.3 is 11.9 Å². The predicted molar refractivity (Wildman–Crippen MR) is 252 cm³/mol. The summed E-state index contributed by atoms with van der Waals surface area (Å²) in [6.07, 6.45) is 38.7. The Kier molecular flexibility index (Phi) is 37.2. The zero-order chi connectivity index (χ0) is 46.2. The SMILES string of the molecule is CCCCC/C=C/C/C=C/C/C=C/C/C=C/CCCC(=O)O[C@H](COC(=O)CCCCCCCCCCCCCCCCCCCC)CO[C@H]1O[C@H](CS(=O)(=O)O)[C@@H](O)C(O)C1O. The van der Waals surface area contributed by atoms with Gasteiger partial charge in [0.05, 0.1) is 6.61 Å². The Morgan fingerprint density at radius 3 is 1.46 bits per heavy atom. The first-order valence-electron chi connectivity index (χ1n) is 24.7. The van der Waals surface area contributed by atoms with Gasteiger partial charge in [-0.25, -0.2) is 0 Å². The van der Waals surface area contributed by atoms with Gasteiger partial charge < -0.3 is 34.3 Å². The van der Waals surface area contributed by atoms with Gasteiger partial charge in [0.2, 0.25) is 0 Å². The highest BCUT2D eigenvalue weighted by atomic mass is 32.2. The molecule has 1 aliphatic rings. The summed E-state index contributed by atoms with van der Waals surface area (Å²) in [7, 11) is -4.61. The van der Waals surface area contributed by atoms with E-state index >= 15 is 0 Å². The average Bonchev–Trinajstić information content (AvgIpc) is 3.25. The summed E-state index contributed by atoms with van der Waals surface area (Å²) in [4.78, 5) is 25.5. The monoisotopic (exact) mass is 913 g/mol. The fraction of sp³-hybridized carbons (Fsp3) is 0.800. The largest absolute Gasteiger partial charge is 0.462 e. The third-order valence-electron chi connectivity index (χ3n) is 11.2. The molecule has 0 bridgehead atoms. The molecule has 366 valence electrons. The van der Waals surface area contributed by atoms with Crippen molar-refractivity contribution in [3.63, 3.8) is 0 Å². The van der Waals surface area contributed by atoms with Crippen molar-refractivity contribution in [1.82, 2.24) is 0 Å². The second kappa shape index (κ2) is 39.9. The molecule has 1 fully saturated rings. The lowest BCUT2D eigenvalue weighted by Gasteiger charge is -2.40. The molecule has 0 spiro atoms. The smallest absolute Gasteiger partial charge is 0.306 e. The molecule has 0 radical (unpaired) electrons. The molecule has 0 aromatic carbocycles. The Hall–Kier alpha value is -2.39. The number of ether oxygens (including phenoxy) is 4. The second-order valence-electron chi connectivity index (χ2n) is 17.1. The maximum Gasteiger partial charge on any atom is 0.306 e. The fourth-order valence-corrected chi connectivity index (χ4v) is 8.01. The summed E-state index contributed by atoms with van der Waals surface area (Å²) in [5, 5.41) is 30.9. The highest BCUT2D eigenvalue weighted by molar-refractivity contribution is 7.85. The zero-order valence-corrected chi connectivity index (χ0v) is 40.0. The van der Waals surface area contributed by atoms with Crippen molar-refractivity contribution in [3.05, 3.63) is 48.6 Å². The Labute approximate surface area is 382 Å². The number of aliphatic hydroxyl groups is 3. The predicted octanol–water partition coefficient (Wildman–Crippen LogP) is 10.7. The van der Waals surface area contributed by atoms with E-state index in [1.54, 1.807) is 0 Å². The molecule has 0 amide bonds. The Bertz CT molecular complexity index is 1350. The van der Waals surface area contributed by atoms with E-state index in [0.717, 1.165) is 44.9 Å². The van der Waals surface area contributed by atoms with Crippen LogP contribution in [0.4, 0.5) is 0 Å². The van der Waals surface area contributed by atoms with E-state index in [1.165, 1.54) is 109 Å². The van der Waals surface area contributed by atoms with Crippen LogP contribution >= 0.6 is 0 Å². The highest BCUT2D eigenvalue weighted by Gasteiger charge is 2.46. The van der Waals surface area contributed by atoms with Gasteiger partial charge in [0, 0.05) is 12.8 Å². The quantitative estimate of drug-likeness (QED) is 0.0197. The van der Waals surface area contributed by atoms with Crippen molar-refractivity contribution in [3.8, 4) is 0 Å². The van der Waals surface area contributed by atoms with Crippen LogP contribution in [0.2, 0.25) is 0 Å². The van der Waals surface area contributed by atoms with Crippen LogP contribution in [0, 0.1) is 0 Å². The lowest BCUT2D eigenvalue weighted by Crippen LogP contribution is -2.60. The average molecular weight is 913 g/mol. The van der Waals surface area contributed by atoms with E-state index < -0.39 is 71.2 Å². The molecule has 0 aromatic rings. The van der Waals surface area contributed by atoms with Gasteiger partial charge in [-0.05, 0) is 51.4 Å². The Balaban J connectivity index is 2.44. The molecule has 1 saturated heterocycles. The van der Waals surface area contributed by atoms with Gasteiger partial charge in [-0.1, -0.05) is 184 Å². The summed E-state index contributed by atoms with van der Waals surface area (Å²) in [5.74, 6) is -2.05. The van der Waals surface area contributed by atoms with Gasteiger partial charge in [-0.2, -0.15) is 8.42 Å². The minimum atomic E-state index is -4.61. The Morgan fingerprint density at radius 2 is 0.968 bits per heavy atom. The van der Waals surface area contributed by atoms with E-state index in [4.69, 9.17) is 18.9 Å². The van der Waals surface area contributed by atoms with Crippen molar-refractivity contribution < 1.29 is 56.8 Å². The third kappa shape index (κ3) is 34.6. The highest BCUT2D eigenvalue weighted by Crippen LogP contribution is 2.24. The number of unbranched alkanes of at least 4 members (excludes halogenated alkanes) is 21. The summed E-state index contributed by atoms with van der Waals surface area (Å²) in [5.41, 5.74) is 0. The maximum atomic E-state index is 12.8. The van der Waals surface area contributed by atoms with E-state index in [-0.39, 0.29) is 19.4 Å². The summed E-state index contributed by atoms with van der Waals surface area (Å²) in [6, 6.07) is 0. The van der Waals surface area contributed by atoms with Gasteiger partial charge in [0.1, 0.15) is 36.8 Å². The minimum Gasteiger partial charge on any atom is -0.462 e. The standard InChI is InChI=1S/C50H88O12S/c1-3-5-7-9-11-13-15-17-19-21-23-24-26-28-30-32-34-36-38-45(51)59-40-43(41-60-50-49(55)48(54)47(53)44(62-50)42-63(56,57)58)61-46(52)39-37-35-33-31-29-27-25-22-20-18-16-14-12-10-8-6-4-2/h12,14,18,20,25,27,31,33,43-44,47-50,53-55H,3-11,13,15-17,19,21-24,26,28-30,32,34-42H2,1-2H3,(H,56,57,58)/b14-12+,20-18+,27-25+,33-31+/t43-,44-,47-,48?,49?,50+/m1/s1. The van der Waals surface area contributed by atoms with Crippen molar-refractivity contribution in [2.75, 3.05) is 19.0 Å². The molecule has 1 aliphatic heterocycles. The van der Waals surface area contributed by atoms with Crippen LogP contribution in [0.25, 0.3) is 0 Å². The maximum absolute atomic E-state index is 12.8. The topological polar surface area (TPSA) is 186 Å². The Morgan fingerprint density at radius 1 is 0.540 bits per heavy atom. The molecule has 0 aliphatic carbocycles. The summed E-state index contributed by atoms with van der Waals surface area (Å²) in [6.45, 7) is 3.71. The van der Waals surface area contributed by atoms with E-state index in [2.05, 4.69) is 50.3 Å². The number of carbonyl (C=O) groups excluding carboxylic acids is 2. The van der Waals surface area contributed by atoms with Crippen molar-refractivity contribution in [2.45, 2.75) is 237 Å². The van der Waals surface area contributed by atoms with Gasteiger partial charge in [-0.15, -0.1) is 0 Å². The molecule has 0 aromatic heterocycles. The molecule has 63 heavy (non-hydrogen) atoms. The molecule has 1 rings (SSSR count). The lowest BCUT2D eigenvalue weighted by molar-refractivity contribution is -0.297. The molecule has 6 atom stereocenters. The van der Waals surface area contributed by atoms with E-state index in [9.17, 15) is 37.9 Å². The molecule has 13 heteroatoms. The van der Waals surface area contributed by atoms with Crippen LogP contribution in [0.1, 0.15) is 200 Å². The number of hydrogen-bond donors (Lipinski definition) is 4. The van der Waals surface area contributed by atoms with Gasteiger partial charge in [0.25, 0.3) is 10.1 Å². The lowest BCUT2D eigenvalue weighted by atomic mass is 10.00. The number of rotatable bonds is 41. The first-order chi connectivity index (χ1) is 30.5. The van der Waals surface area contributed by atoms with E-state index in [1.807, 2.05) is 12.2 Å². The van der Waals surface area contributed by atoms with Crippen molar-refractivity contribution >= 4 is 22.1 Å². The van der Waals surface area contributed by atoms with Crippen molar-refractivity contribution in [1.29, 1.82) is 0 Å². The normalized spacial score (nSPS) is 20.1. The molecule has 1 heterocycles. The van der Waals surface area contributed by atoms with Gasteiger partial charge in [-0.3, -0.25) is 14.1 Å². The molecule has 2 unspecified atom stereocenters. The molecule has 4 N–H and O–H groups in total. The first-order valence-corrected chi connectivity index (χ1v) is 26.3. The van der Waals surface area contributed by atoms with Crippen LogP contribution < -0.4 is 0 Å². The third-order valence-corrected chi connectivity index (χ3v) is 11.9. The molecular weight excluding hydrogens is 825 g/mol. The second-order valence-corrected chi connectivity index (χ2v) is 18.6. The van der Waals surface area contributed by atoms with Crippen molar-refractivity contribution in [2.24, 2.45) is 0 Å². The number of esters is 2. The molecule has 0 saturated carbocycles. The molecule has 12 nitrogen and oxygen atoms in total. The van der Waals surface area contributed by atoms with Gasteiger partial charge in [0.15, 0.2) is 12.4 Å². The van der Waals surface area contributed by atoms with Crippen LogP contribution in [-0.2, 0) is 38.7 Å². The number of aliphatic hydroxyl groups excluding tert-OH is 3. The minimum absolute atomic E-state index is 0.0890. The first kappa shape index (κ1) is 58.6. The summed E-state index contributed by atoms with van der Waals surface area (Å²) >= 11 is 0. The zero-order valence-electron chi connectivity index (χ0n) is 39.2. The fourth-order valence-electron chi connectivity index (χ4n) is 7.32.